The van der Waals surface area contributed by atoms with Crippen molar-refractivity contribution in [3.05, 3.63) is 28.7 Å². The van der Waals surface area contributed by atoms with Gasteiger partial charge in [-0.05, 0) is 36.8 Å². The lowest BCUT2D eigenvalue weighted by molar-refractivity contribution is 0.414. The highest BCUT2D eigenvalue weighted by molar-refractivity contribution is 7.96. The Bertz CT molecular complexity index is 559. The Balaban J connectivity index is 2.63. The molecule has 0 saturated heterocycles. The van der Waals surface area contributed by atoms with Crippen molar-refractivity contribution in [3.63, 3.8) is 0 Å². The van der Waals surface area contributed by atoms with Crippen LogP contribution in [-0.4, -0.2) is 21.6 Å². The smallest absolute Gasteiger partial charge is 0.204 e. The number of benzene rings is 1. The maximum Gasteiger partial charge on any atom is 0.204 e. The van der Waals surface area contributed by atoms with Gasteiger partial charge < -0.3 is 10.5 Å². The summed E-state index contributed by atoms with van der Waals surface area (Å²) in [5.74, 6) is 0.635. The minimum absolute atomic E-state index is 0.260. The molecule has 2 rings (SSSR count). The highest BCUT2D eigenvalue weighted by Gasteiger charge is 2.31. The Morgan fingerprint density at radius 2 is 2.06 bits per heavy atom. The summed E-state index contributed by atoms with van der Waals surface area (Å²) in [6.07, 6.45) is 1.61. The molecule has 1 aliphatic heterocycles. The van der Waals surface area contributed by atoms with Gasteiger partial charge in [-0.2, -0.15) is 0 Å². The van der Waals surface area contributed by atoms with E-state index in [9.17, 15) is 8.42 Å². The molecule has 86 valence electrons. The van der Waals surface area contributed by atoms with Crippen LogP contribution in [0.2, 0.25) is 0 Å². The SMILES string of the molecule is COc1ccc2c(c1)C=C(C(C)N)S2(=O)=O. The van der Waals surface area contributed by atoms with Crippen LogP contribution in [0.5, 0.6) is 5.75 Å². The molecular weight excluding hydrogens is 226 g/mol. The van der Waals surface area contributed by atoms with Gasteiger partial charge in [-0.15, -0.1) is 0 Å². The van der Waals surface area contributed by atoms with Gasteiger partial charge in [0.05, 0.1) is 16.9 Å². The lowest BCUT2D eigenvalue weighted by atomic mass is 10.2. The maximum atomic E-state index is 12.0. The minimum atomic E-state index is -3.39. The Hall–Kier alpha value is -1.33. The predicted molar refractivity (Wildman–Crippen MR) is 61.8 cm³/mol. The second-order valence-corrected chi connectivity index (χ2v) is 5.66. The molecule has 0 bridgehead atoms. The zero-order valence-electron chi connectivity index (χ0n) is 9.10. The summed E-state index contributed by atoms with van der Waals surface area (Å²) in [5.41, 5.74) is 6.29. The van der Waals surface area contributed by atoms with Gasteiger partial charge in [-0.1, -0.05) is 0 Å². The van der Waals surface area contributed by atoms with Crippen LogP contribution in [0.15, 0.2) is 28.0 Å². The van der Waals surface area contributed by atoms with E-state index in [-0.39, 0.29) is 4.91 Å². The molecule has 4 nitrogen and oxygen atoms in total. The maximum absolute atomic E-state index is 12.0. The Morgan fingerprint density at radius 1 is 1.38 bits per heavy atom. The molecule has 0 amide bonds. The Morgan fingerprint density at radius 3 is 2.62 bits per heavy atom. The van der Waals surface area contributed by atoms with E-state index in [0.717, 1.165) is 0 Å². The van der Waals surface area contributed by atoms with Crippen LogP contribution in [0.3, 0.4) is 0 Å². The first kappa shape index (κ1) is 11.2. The lowest BCUT2D eigenvalue weighted by Gasteiger charge is -2.06. The van der Waals surface area contributed by atoms with Crippen molar-refractivity contribution < 1.29 is 13.2 Å². The molecule has 2 N–H and O–H groups in total. The topological polar surface area (TPSA) is 69.4 Å². The molecule has 0 saturated carbocycles. The van der Waals surface area contributed by atoms with Crippen LogP contribution >= 0.6 is 0 Å². The molecule has 0 fully saturated rings. The number of methoxy groups -OCH3 is 1. The number of nitrogens with two attached hydrogens (primary N) is 1. The number of hydrogen-bond acceptors (Lipinski definition) is 4. The quantitative estimate of drug-likeness (QED) is 0.841. The van der Waals surface area contributed by atoms with Crippen molar-refractivity contribution in [2.24, 2.45) is 5.73 Å². The van der Waals surface area contributed by atoms with Gasteiger partial charge in [-0.25, -0.2) is 8.42 Å². The normalized spacial score (nSPS) is 18.8. The van der Waals surface area contributed by atoms with E-state index < -0.39 is 15.9 Å². The second kappa shape index (κ2) is 3.61. The van der Waals surface area contributed by atoms with Crippen molar-refractivity contribution in [1.82, 2.24) is 0 Å². The van der Waals surface area contributed by atoms with Gasteiger partial charge >= 0.3 is 0 Å². The fourth-order valence-electron chi connectivity index (χ4n) is 1.75. The third kappa shape index (κ3) is 1.52. The Labute approximate surface area is 94.6 Å². The molecule has 16 heavy (non-hydrogen) atoms. The molecule has 1 aliphatic rings. The summed E-state index contributed by atoms with van der Waals surface area (Å²) in [5, 5.41) is 0. The van der Waals surface area contributed by atoms with Gasteiger partial charge in [0.15, 0.2) is 0 Å². The van der Waals surface area contributed by atoms with Crippen LogP contribution in [0.25, 0.3) is 6.08 Å². The van der Waals surface area contributed by atoms with Crippen LogP contribution in [0.1, 0.15) is 12.5 Å². The fraction of sp³-hybridized carbons (Fsp3) is 0.273. The molecule has 1 heterocycles. The molecule has 5 heteroatoms. The van der Waals surface area contributed by atoms with Gasteiger partial charge in [0.2, 0.25) is 9.84 Å². The molecule has 0 radical (unpaired) electrons. The van der Waals surface area contributed by atoms with Gasteiger partial charge in [-0.3, -0.25) is 0 Å². The monoisotopic (exact) mass is 239 g/mol. The number of ether oxygens (including phenoxy) is 1. The zero-order chi connectivity index (χ0) is 11.9. The number of fused-ring (bicyclic) bond motifs is 1. The molecule has 0 spiro atoms. The highest BCUT2D eigenvalue weighted by Crippen LogP contribution is 2.35. The predicted octanol–water partition coefficient (Wildman–Crippen LogP) is 1.17. The van der Waals surface area contributed by atoms with Gasteiger partial charge in [0.25, 0.3) is 0 Å². The average Bonchev–Trinajstić information content (AvgIpc) is 2.50. The first-order valence-corrected chi connectivity index (χ1v) is 6.35. The summed E-state index contributed by atoms with van der Waals surface area (Å²) in [7, 11) is -1.85. The van der Waals surface area contributed by atoms with Crippen LogP contribution < -0.4 is 10.5 Å². The highest BCUT2D eigenvalue weighted by atomic mass is 32.2. The average molecular weight is 239 g/mol. The zero-order valence-corrected chi connectivity index (χ0v) is 9.91. The van der Waals surface area contributed by atoms with Gasteiger partial charge in [0, 0.05) is 6.04 Å². The van der Waals surface area contributed by atoms with Crippen LogP contribution in [-0.2, 0) is 9.84 Å². The summed E-state index contributed by atoms with van der Waals surface area (Å²) in [6.45, 7) is 1.66. The van der Waals surface area contributed by atoms with Gasteiger partial charge in [0.1, 0.15) is 5.75 Å². The van der Waals surface area contributed by atoms with E-state index >= 15 is 0 Å². The van der Waals surface area contributed by atoms with Crippen LogP contribution in [0, 0.1) is 0 Å². The first-order valence-electron chi connectivity index (χ1n) is 4.87. The molecule has 1 aromatic carbocycles. The summed E-state index contributed by atoms with van der Waals surface area (Å²) < 4.78 is 29.1. The number of hydrogen-bond donors (Lipinski definition) is 1. The molecule has 0 aromatic heterocycles. The standard InChI is InChI=1S/C11H13NO3S/c1-7(12)11-6-8-5-9(15-2)3-4-10(8)16(11,13)14/h3-7H,12H2,1-2H3. The first-order chi connectivity index (χ1) is 7.46. The molecule has 1 unspecified atom stereocenters. The number of rotatable bonds is 2. The molecule has 1 atom stereocenters. The van der Waals surface area contributed by atoms with Crippen molar-refractivity contribution in [1.29, 1.82) is 0 Å². The lowest BCUT2D eigenvalue weighted by Crippen LogP contribution is -2.21. The Kier molecular flexibility index (Phi) is 2.52. The second-order valence-electron chi connectivity index (χ2n) is 3.74. The summed E-state index contributed by atoms with van der Waals surface area (Å²) in [6, 6.07) is 4.38. The van der Waals surface area contributed by atoms with E-state index in [2.05, 4.69) is 0 Å². The van der Waals surface area contributed by atoms with Crippen molar-refractivity contribution in [3.8, 4) is 5.75 Å². The molecule has 0 aliphatic carbocycles. The van der Waals surface area contributed by atoms with Crippen LogP contribution in [0.4, 0.5) is 0 Å². The van der Waals surface area contributed by atoms with E-state index in [1.165, 1.54) is 0 Å². The fourth-order valence-corrected chi connectivity index (χ4v) is 3.45. The van der Waals surface area contributed by atoms with Crippen molar-refractivity contribution in [2.75, 3.05) is 7.11 Å². The summed E-state index contributed by atoms with van der Waals surface area (Å²) >= 11 is 0. The minimum Gasteiger partial charge on any atom is -0.497 e. The van der Waals surface area contributed by atoms with E-state index in [1.807, 2.05) is 0 Å². The number of sulfone groups is 1. The van der Waals surface area contributed by atoms with E-state index in [4.69, 9.17) is 10.5 Å². The molecule has 1 aromatic rings. The third-order valence-electron chi connectivity index (χ3n) is 2.56. The molecular formula is C11H13NO3S. The summed E-state index contributed by atoms with van der Waals surface area (Å²) in [4.78, 5) is 0.566. The van der Waals surface area contributed by atoms with E-state index in [1.54, 1.807) is 38.3 Å². The largest absolute Gasteiger partial charge is 0.497 e. The third-order valence-corrected chi connectivity index (χ3v) is 4.62. The van der Waals surface area contributed by atoms with Crippen molar-refractivity contribution in [2.45, 2.75) is 17.9 Å². The van der Waals surface area contributed by atoms with E-state index in [0.29, 0.717) is 16.2 Å². The van der Waals surface area contributed by atoms with Crippen molar-refractivity contribution >= 4 is 15.9 Å².